The Labute approximate surface area is 162 Å². The lowest BCUT2D eigenvalue weighted by molar-refractivity contribution is -0.384. The molecule has 29 heavy (non-hydrogen) atoms. The number of benzene rings is 3. The second-order valence-corrected chi connectivity index (χ2v) is 6.29. The molecule has 0 radical (unpaired) electrons. The molecular weight excluding hydrogens is 378 g/mol. The lowest BCUT2D eigenvalue weighted by atomic mass is 9.98. The summed E-state index contributed by atoms with van der Waals surface area (Å²) in [6, 6.07) is 14.5. The number of hydrogen-bond acceptors (Lipinski definition) is 6. The van der Waals surface area contributed by atoms with E-state index in [1.807, 2.05) is 0 Å². The molecule has 0 unspecified atom stereocenters. The average molecular weight is 389 g/mol. The zero-order valence-corrected chi connectivity index (χ0v) is 14.6. The SMILES string of the molecule is O=C(O)c1cccc(-c2nc3cc([N+](=O)[O-])ccc3c3ccc([N+](=O)[O-])cc23)c1. The summed E-state index contributed by atoms with van der Waals surface area (Å²) in [5.41, 5.74) is 0.814. The van der Waals surface area contributed by atoms with Gasteiger partial charge in [0.2, 0.25) is 0 Å². The monoisotopic (exact) mass is 389 g/mol. The Kier molecular flexibility index (Phi) is 4.12. The number of aromatic nitrogens is 1. The third-order valence-electron chi connectivity index (χ3n) is 4.57. The fourth-order valence-electron chi connectivity index (χ4n) is 3.23. The van der Waals surface area contributed by atoms with Gasteiger partial charge in [-0.25, -0.2) is 9.78 Å². The van der Waals surface area contributed by atoms with Crippen LogP contribution in [0, 0.1) is 20.2 Å². The van der Waals surface area contributed by atoms with Crippen molar-refractivity contribution in [3.05, 3.63) is 86.5 Å². The van der Waals surface area contributed by atoms with Crippen molar-refractivity contribution in [3.63, 3.8) is 0 Å². The van der Waals surface area contributed by atoms with Gasteiger partial charge in [-0.2, -0.15) is 0 Å². The van der Waals surface area contributed by atoms with Gasteiger partial charge >= 0.3 is 5.97 Å². The van der Waals surface area contributed by atoms with Crippen molar-refractivity contribution < 1.29 is 19.7 Å². The highest BCUT2D eigenvalue weighted by molar-refractivity contribution is 6.12. The Bertz CT molecular complexity index is 1350. The summed E-state index contributed by atoms with van der Waals surface area (Å²) in [5.74, 6) is -1.13. The molecule has 4 rings (SSSR count). The smallest absolute Gasteiger partial charge is 0.335 e. The van der Waals surface area contributed by atoms with Crippen molar-refractivity contribution in [3.8, 4) is 11.3 Å². The number of aromatic carboxylic acids is 1. The number of carbonyl (C=O) groups is 1. The van der Waals surface area contributed by atoms with Crippen LogP contribution in [-0.2, 0) is 0 Å². The summed E-state index contributed by atoms with van der Waals surface area (Å²) >= 11 is 0. The fourth-order valence-corrected chi connectivity index (χ4v) is 3.23. The summed E-state index contributed by atoms with van der Waals surface area (Å²) in [6.45, 7) is 0. The molecule has 0 aliphatic carbocycles. The highest BCUT2D eigenvalue weighted by Gasteiger charge is 2.17. The second-order valence-electron chi connectivity index (χ2n) is 6.29. The Morgan fingerprint density at radius 3 is 2.14 bits per heavy atom. The number of carboxylic acid groups (broad SMARTS) is 1. The fraction of sp³-hybridized carbons (Fsp3) is 0. The average Bonchev–Trinajstić information content (AvgIpc) is 2.72. The van der Waals surface area contributed by atoms with Crippen molar-refractivity contribution in [1.29, 1.82) is 0 Å². The molecule has 142 valence electrons. The number of pyridine rings is 1. The van der Waals surface area contributed by atoms with E-state index in [4.69, 9.17) is 0 Å². The van der Waals surface area contributed by atoms with Gasteiger partial charge < -0.3 is 5.11 Å². The first-order valence-electron chi connectivity index (χ1n) is 8.35. The van der Waals surface area contributed by atoms with Gasteiger partial charge in [-0.05, 0) is 29.7 Å². The lowest BCUT2D eigenvalue weighted by Crippen LogP contribution is -1.97. The van der Waals surface area contributed by atoms with Crippen LogP contribution in [-0.4, -0.2) is 25.9 Å². The van der Waals surface area contributed by atoms with E-state index in [1.54, 1.807) is 24.3 Å². The summed E-state index contributed by atoms with van der Waals surface area (Å²) in [4.78, 5) is 37.2. The van der Waals surface area contributed by atoms with Crippen LogP contribution in [0.5, 0.6) is 0 Å². The minimum Gasteiger partial charge on any atom is -0.478 e. The number of nitrogens with zero attached hydrogens (tertiary/aromatic N) is 3. The Hall–Kier alpha value is -4.40. The molecule has 9 nitrogen and oxygen atoms in total. The van der Waals surface area contributed by atoms with Crippen LogP contribution in [0.1, 0.15) is 10.4 Å². The molecule has 0 bridgehead atoms. The summed E-state index contributed by atoms with van der Waals surface area (Å²) < 4.78 is 0. The molecule has 0 saturated heterocycles. The first kappa shape index (κ1) is 18.0. The molecule has 9 heteroatoms. The first-order valence-corrected chi connectivity index (χ1v) is 8.35. The minimum absolute atomic E-state index is 0.0296. The van der Waals surface area contributed by atoms with E-state index in [-0.39, 0.29) is 16.9 Å². The molecule has 0 aliphatic rings. The summed E-state index contributed by atoms with van der Waals surface area (Å²) in [6.07, 6.45) is 0. The van der Waals surface area contributed by atoms with Crippen molar-refractivity contribution in [2.45, 2.75) is 0 Å². The molecule has 1 heterocycles. The largest absolute Gasteiger partial charge is 0.478 e. The maximum atomic E-state index is 11.3. The van der Waals surface area contributed by atoms with Gasteiger partial charge in [-0.3, -0.25) is 20.2 Å². The number of hydrogen-bond donors (Lipinski definition) is 1. The summed E-state index contributed by atoms with van der Waals surface area (Å²) in [7, 11) is 0. The molecule has 0 aliphatic heterocycles. The van der Waals surface area contributed by atoms with E-state index in [0.717, 1.165) is 0 Å². The summed E-state index contributed by atoms with van der Waals surface area (Å²) in [5, 5.41) is 33.3. The minimum atomic E-state index is -1.13. The highest BCUT2D eigenvalue weighted by Crippen LogP contribution is 2.35. The number of non-ortho nitro benzene ring substituents is 2. The van der Waals surface area contributed by atoms with Gasteiger partial charge in [-0.15, -0.1) is 0 Å². The van der Waals surface area contributed by atoms with Crippen molar-refractivity contribution >= 4 is 39.0 Å². The maximum absolute atomic E-state index is 11.3. The molecule has 0 saturated carbocycles. The topological polar surface area (TPSA) is 136 Å². The van der Waals surface area contributed by atoms with Crippen LogP contribution in [0.2, 0.25) is 0 Å². The molecule has 1 N–H and O–H groups in total. The van der Waals surface area contributed by atoms with E-state index < -0.39 is 15.8 Å². The van der Waals surface area contributed by atoms with E-state index in [9.17, 15) is 30.1 Å². The lowest BCUT2D eigenvalue weighted by Gasteiger charge is -2.10. The van der Waals surface area contributed by atoms with Crippen LogP contribution in [0.3, 0.4) is 0 Å². The molecule has 0 amide bonds. The van der Waals surface area contributed by atoms with Crippen molar-refractivity contribution in [2.75, 3.05) is 0 Å². The molecule has 4 aromatic rings. The van der Waals surface area contributed by atoms with Gasteiger partial charge in [0.1, 0.15) is 0 Å². The quantitative estimate of drug-likeness (QED) is 0.307. The first-order chi connectivity index (χ1) is 13.8. The molecule has 1 aromatic heterocycles. The molecule has 0 atom stereocenters. The third kappa shape index (κ3) is 3.10. The highest BCUT2D eigenvalue weighted by atomic mass is 16.6. The maximum Gasteiger partial charge on any atom is 0.335 e. The number of nitro groups is 2. The third-order valence-corrected chi connectivity index (χ3v) is 4.57. The second kappa shape index (κ2) is 6.64. The zero-order valence-electron chi connectivity index (χ0n) is 14.6. The van der Waals surface area contributed by atoms with E-state index >= 15 is 0 Å². The van der Waals surface area contributed by atoms with E-state index in [2.05, 4.69) is 4.98 Å². The Morgan fingerprint density at radius 1 is 0.828 bits per heavy atom. The molecule has 0 fully saturated rings. The van der Waals surface area contributed by atoms with Crippen molar-refractivity contribution in [1.82, 2.24) is 4.98 Å². The number of rotatable bonds is 4. The molecule has 3 aromatic carbocycles. The standard InChI is InChI=1S/C20H11N3O6/c24-20(25)12-3-1-2-11(8-12)19-17-9-13(22(26)27)4-6-15(17)16-7-5-14(23(28)29)10-18(16)21-19/h1-10H,(H,24,25). The van der Waals surface area contributed by atoms with Crippen LogP contribution >= 0.6 is 0 Å². The van der Waals surface area contributed by atoms with Gasteiger partial charge in [0.05, 0.1) is 26.6 Å². The predicted octanol–water partition coefficient (Wildman–Crippen LogP) is 4.57. The van der Waals surface area contributed by atoms with Gasteiger partial charge in [0, 0.05) is 40.6 Å². The van der Waals surface area contributed by atoms with Crippen molar-refractivity contribution in [2.24, 2.45) is 0 Å². The van der Waals surface area contributed by atoms with Crippen LogP contribution in [0.4, 0.5) is 11.4 Å². The number of carboxylic acids is 1. The van der Waals surface area contributed by atoms with Gasteiger partial charge in [-0.1, -0.05) is 12.1 Å². The number of fused-ring (bicyclic) bond motifs is 3. The van der Waals surface area contributed by atoms with Crippen LogP contribution in [0.15, 0.2) is 60.7 Å². The van der Waals surface area contributed by atoms with E-state index in [1.165, 1.54) is 36.4 Å². The van der Waals surface area contributed by atoms with E-state index in [0.29, 0.717) is 32.9 Å². The molecule has 0 spiro atoms. The zero-order chi connectivity index (χ0) is 20.7. The normalized spacial score (nSPS) is 10.9. The van der Waals surface area contributed by atoms with Gasteiger partial charge in [0.25, 0.3) is 11.4 Å². The van der Waals surface area contributed by atoms with Crippen LogP contribution in [0.25, 0.3) is 32.9 Å². The Morgan fingerprint density at radius 2 is 1.48 bits per heavy atom. The predicted molar refractivity (Wildman–Crippen MR) is 105 cm³/mol. The van der Waals surface area contributed by atoms with Gasteiger partial charge in [0.15, 0.2) is 0 Å². The Balaban J connectivity index is 2.12. The number of nitro benzene ring substituents is 2. The van der Waals surface area contributed by atoms with Crippen LogP contribution < -0.4 is 0 Å². The molecular formula is C20H11N3O6.